The molecule has 0 aliphatic heterocycles. The topological polar surface area (TPSA) is 35.2 Å². The highest BCUT2D eigenvalue weighted by Gasteiger charge is 2.18. The molecular weight excluding hydrogens is 222 g/mol. The number of fused-ring (bicyclic) bond motifs is 1. The highest BCUT2D eigenvalue weighted by Crippen LogP contribution is 2.23. The monoisotopic (exact) mass is 247 g/mol. The molecule has 100 valence electrons. The van der Waals surface area contributed by atoms with E-state index in [0.29, 0.717) is 0 Å². The zero-order chi connectivity index (χ0) is 13.0. The Morgan fingerprint density at radius 1 is 1.22 bits per heavy atom. The second kappa shape index (κ2) is 6.35. The average Bonchev–Trinajstić information content (AvgIpc) is 2.83. The van der Waals surface area contributed by atoms with E-state index in [9.17, 15) is 0 Å². The van der Waals surface area contributed by atoms with Crippen molar-refractivity contribution in [3.63, 3.8) is 0 Å². The fourth-order valence-electron chi connectivity index (χ4n) is 2.91. The number of hydrogen-bond acceptors (Lipinski definition) is 2. The van der Waals surface area contributed by atoms with Crippen LogP contribution < -0.4 is 5.73 Å². The van der Waals surface area contributed by atoms with Crippen LogP contribution in [0, 0.1) is 0 Å². The van der Waals surface area contributed by atoms with Gasteiger partial charge in [-0.2, -0.15) is 0 Å². The number of aryl methyl sites for hydroxylation is 2. The summed E-state index contributed by atoms with van der Waals surface area (Å²) in [4.78, 5) is 0. The van der Waals surface area contributed by atoms with Crippen molar-refractivity contribution in [2.24, 2.45) is 5.73 Å². The summed E-state index contributed by atoms with van der Waals surface area (Å²) in [6.07, 6.45) is 5.88. The number of hydrogen-bond donors (Lipinski definition) is 1. The lowest BCUT2D eigenvalue weighted by Gasteiger charge is -2.22. The average molecular weight is 247 g/mol. The van der Waals surface area contributed by atoms with E-state index in [-0.39, 0.29) is 12.1 Å². The third-order valence-electron chi connectivity index (χ3n) is 3.89. The molecule has 2 atom stereocenters. The van der Waals surface area contributed by atoms with Crippen LogP contribution in [0.4, 0.5) is 0 Å². The van der Waals surface area contributed by atoms with Gasteiger partial charge in [-0.3, -0.25) is 0 Å². The summed E-state index contributed by atoms with van der Waals surface area (Å²) >= 11 is 0. The summed E-state index contributed by atoms with van der Waals surface area (Å²) < 4.78 is 5.69. The van der Waals surface area contributed by atoms with Crippen molar-refractivity contribution in [2.45, 2.75) is 58.1 Å². The molecule has 0 fully saturated rings. The molecule has 2 rings (SSSR count). The van der Waals surface area contributed by atoms with Gasteiger partial charge in [0.15, 0.2) is 0 Å². The Morgan fingerprint density at radius 3 is 2.72 bits per heavy atom. The molecule has 0 heterocycles. The molecule has 0 aromatic heterocycles. The summed E-state index contributed by atoms with van der Waals surface area (Å²) in [6, 6.07) is 6.98. The third kappa shape index (κ3) is 3.12. The second-order valence-electron chi connectivity index (χ2n) is 5.23. The molecule has 1 aromatic carbocycles. The van der Waals surface area contributed by atoms with Gasteiger partial charge in [-0.15, -0.1) is 0 Å². The molecule has 2 N–H and O–H groups in total. The Balaban J connectivity index is 2.00. The predicted molar refractivity (Wildman–Crippen MR) is 75.9 cm³/mol. The number of nitrogens with two attached hydrogens (primary N) is 1. The molecule has 0 radical (unpaired) electrons. The molecule has 0 saturated carbocycles. The van der Waals surface area contributed by atoms with Gasteiger partial charge in [0.1, 0.15) is 0 Å². The van der Waals surface area contributed by atoms with Crippen molar-refractivity contribution in [1.29, 1.82) is 0 Å². The van der Waals surface area contributed by atoms with Crippen molar-refractivity contribution >= 4 is 0 Å². The van der Waals surface area contributed by atoms with E-state index >= 15 is 0 Å². The van der Waals surface area contributed by atoms with E-state index in [1.807, 2.05) is 6.92 Å². The first-order chi connectivity index (χ1) is 8.74. The van der Waals surface area contributed by atoms with Gasteiger partial charge in [-0.1, -0.05) is 25.1 Å². The zero-order valence-electron chi connectivity index (χ0n) is 11.6. The molecule has 2 unspecified atom stereocenters. The van der Waals surface area contributed by atoms with Crippen molar-refractivity contribution in [3.8, 4) is 0 Å². The predicted octanol–water partition coefficient (Wildman–Crippen LogP) is 2.86. The fourth-order valence-corrected chi connectivity index (χ4v) is 2.91. The van der Waals surface area contributed by atoms with Gasteiger partial charge in [0.05, 0.1) is 6.10 Å². The molecule has 0 bridgehead atoms. The van der Waals surface area contributed by atoms with Gasteiger partial charge >= 0.3 is 0 Å². The van der Waals surface area contributed by atoms with Gasteiger partial charge in [0.2, 0.25) is 0 Å². The van der Waals surface area contributed by atoms with Crippen LogP contribution in [0.1, 0.15) is 43.4 Å². The maximum absolute atomic E-state index is 6.27. The first-order valence-corrected chi connectivity index (χ1v) is 7.22. The minimum atomic E-state index is 0.106. The number of ether oxygens (including phenoxy) is 1. The minimum Gasteiger partial charge on any atom is -0.377 e. The van der Waals surface area contributed by atoms with Crippen molar-refractivity contribution < 1.29 is 4.74 Å². The quantitative estimate of drug-likeness (QED) is 0.839. The van der Waals surface area contributed by atoms with Crippen LogP contribution in [0.5, 0.6) is 0 Å². The lowest BCUT2D eigenvalue weighted by molar-refractivity contribution is 0.0417. The lowest BCUT2D eigenvalue weighted by atomic mass is 9.97. The Bertz CT molecular complexity index is 389. The molecule has 0 saturated heterocycles. The summed E-state index contributed by atoms with van der Waals surface area (Å²) in [5, 5.41) is 0. The van der Waals surface area contributed by atoms with E-state index < -0.39 is 0 Å². The molecule has 1 aliphatic rings. The Morgan fingerprint density at radius 2 is 2.00 bits per heavy atom. The largest absolute Gasteiger partial charge is 0.377 e. The summed E-state index contributed by atoms with van der Waals surface area (Å²) in [5.41, 5.74) is 10.7. The van der Waals surface area contributed by atoms with Crippen LogP contribution in [0.2, 0.25) is 0 Å². The van der Waals surface area contributed by atoms with Crippen LogP contribution in [0.25, 0.3) is 0 Å². The normalized spacial score (nSPS) is 17.5. The van der Waals surface area contributed by atoms with E-state index in [0.717, 1.165) is 19.4 Å². The third-order valence-corrected chi connectivity index (χ3v) is 3.89. The number of benzene rings is 1. The van der Waals surface area contributed by atoms with Crippen LogP contribution in [0.15, 0.2) is 18.2 Å². The molecular formula is C16H25NO. The zero-order valence-corrected chi connectivity index (χ0v) is 11.6. The van der Waals surface area contributed by atoms with Crippen LogP contribution in [0.3, 0.4) is 0 Å². The highest BCUT2D eigenvalue weighted by atomic mass is 16.5. The van der Waals surface area contributed by atoms with E-state index in [1.165, 1.54) is 36.0 Å². The van der Waals surface area contributed by atoms with Crippen molar-refractivity contribution in [3.05, 3.63) is 34.9 Å². The Kier molecular flexibility index (Phi) is 4.79. The maximum atomic E-state index is 6.27. The second-order valence-corrected chi connectivity index (χ2v) is 5.23. The van der Waals surface area contributed by atoms with Gasteiger partial charge in [-0.25, -0.2) is 0 Å². The molecule has 2 heteroatoms. The lowest BCUT2D eigenvalue weighted by Crippen LogP contribution is -2.38. The molecule has 0 spiro atoms. The van der Waals surface area contributed by atoms with Crippen LogP contribution in [-0.2, 0) is 24.0 Å². The molecule has 18 heavy (non-hydrogen) atoms. The fraction of sp³-hybridized carbons (Fsp3) is 0.625. The smallest absolute Gasteiger partial charge is 0.0726 e. The maximum Gasteiger partial charge on any atom is 0.0726 e. The molecule has 0 amide bonds. The van der Waals surface area contributed by atoms with Crippen LogP contribution >= 0.6 is 0 Å². The summed E-state index contributed by atoms with van der Waals surface area (Å²) in [7, 11) is 0. The van der Waals surface area contributed by atoms with E-state index in [1.54, 1.807) is 0 Å². The van der Waals surface area contributed by atoms with E-state index in [2.05, 4.69) is 25.1 Å². The number of rotatable bonds is 6. The first kappa shape index (κ1) is 13.6. The van der Waals surface area contributed by atoms with Crippen molar-refractivity contribution in [1.82, 2.24) is 0 Å². The molecule has 1 aliphatic carbocycles. The standard InChI is InChI=1S/C16H25NO/c1-3-16(18-4-2)15(17)11-12-8-9-13-6-5-7-14(13)10-12/h8-10,15-16H,3-7,11,17H2,1-2H3. The Labute approximate surface area is 111 Å². The van der Waals surface area contributed by atoms with Gasteiger partial charge < -0.3 is 10.5 Å². The van der Waals surface area contributed by atoms with E-state index in [4.69, 9.17) is 10.5 Å². The molecule has 1 aromatic rings. The minimum absolute atomic E-state index is 0.106. The van der Waals surface area contributed by atoms with Gasteiger partial charge in [0, 0.05) is 12.6 Å². The highest BCUT2D eigenvalue weighted by molar-refractivity contribution is 5.35. The van der Waals surface area contributed by atoms with Crippen LogP contribution in [-0.4, -0.2) is 18.8 Å². The Hall–Kier alpha value is -0.860. The summed E-state index contributed by atoms with van der Waals surface area (Å²) in [6.45, 7) is 4.92. The summed E-state index contributed by atoms with van der Waals surface area (Å²) in [5.74, 6) is 0. The molecule has 2 nitrogen and oxygen atoms in total. The van der Waals surface area contributed by atoms with Crippen molar-refractivity contribution in [2.75, 3.05) is 6.61 Å². The van der Waals surface area contributed by atoms with Gasteiger partial charge in [-0.05, 0) is 55.7 Å². The first-order valence-electron chi connectivity index (χ1n) is 7.22. The SMILES string of the molecule is CCOC(CC)C(N)Cc1ccc2c(c1)CCC2. The van der Waals surface area contributed by atoms with Gasteiger partial charge in [0.25, 0.3) is 0 Å².